The number of carbonyl (C=O) groups excluding carboxylic acids is 1. The molecule has 0 bridgehead atoms. The second kappa shape index (κ2) is 7.72. The van der Waals surface area contributed by atoms with Gasteiger partial charge >= 0.3 is 6.03 Å². The van der Waals surface area contributed by atoms with Gasteiger partial charge in [-0.3, -0.25) is 10.3 Å². The molecule has 0 radical (unpaired) electrons. The average Bonchev–Trinajstić information content (AvgIpc) is 3.05. The van der Waals surface area contributed by atoms with Crippen LogP contribution in [0.25, 0.3) is 0 Å². The van der Waals surface area contributed by atoms with E-state index in [1.807, 2.05) is 19.0 Å². The van der Waals surface area contributed by atoms with Crippen LogP contribution in [0.2, 0.25) is 0 Å². The minimum Gasteiger partial charge on any atom is -0.331 e. The monoisotopic (exact) mass is 345 g/mol. The van der Waals surface area contributed by atoms with Gasteiger partial charge in [-0.15, -0.1) is 0 Å². The summed E-state index contributed by atoms with van der Waals surface area (Å²) in [4.78, 5) is 18.2. The van der Waals surface area contributed by atoms with E-state index in [0.717, 1.165) is 39.3 Å². The number of urea groups is 1. The molecule has 6 heteroatoms. The quantitative estimate of drug-likeness (QED) is 0.869. The van der Waals surface area contributed by atoms with Crippen molar-refractivity contribution < 1.29 is 4.79 Å². The molecule has 1 aromatic carbocycles. The van der Waals surface area contributed by atoms with Crippen molar-refractivity contribution in [2.75, 3.05) is 53.4 Å². The number of amides is 2. The minimum absolute atomic E-state index is 0.122. The van der Waals surface area contributed by atoms with Crippen molar-refractivity contribution in [2.45, 2.75) is 19.9 Å². The van der Waals surface area contributed by atoms with E-state index >= 15 is 0 Å². The third-order valence-corrected chi connectivity index (χ3v) is 5.38. The van der Waals surface area contributed by atoms with Gasteiger partial charge in [0.2, 0.25) is 0 Å². The molecule has 2 amide bonds. The molecule has 2 N–H and O–H groups in total. The molecule has 138 valence electrons. The van der Waals surface area contributed by atoms with Crippen LogP contribution < -0.4 is 10.9 Å². The number of hydrazine groups is 1. The van der Waals surface area contributed by atoms with Crippen molar-refractivity contribution in [3.63, 3.8) is 0 Å². The summed E-state index contributed by atoms with van der Waals surface area (Å²) in [6.07, 6.45) is 0. The van der Waals surface area contributed by atoms with Crippen LogP contribution >= 0.6 is 0 Å². The molecule has 2 heterocycles. The summed E-state index contributed by atoms with van der Waals surface area (Å²) in [5, 5.41) is 0. The maximum absolute atomic E-state index is 12.1. The summed E-state index contributed by atoms with van der Waals surface area (Å²) in [5.41, 5.74) is 10.9. The molecule has 0 aliphatic carbocycles. The van der Waals surface area contributed by atoms with Gasteiger partial charge in [-0.1, -0.05) is 23.8 Å². The summed E-state index contributed by atoms with van der Waals surface area (Å²) in [7, 11) is 3.64. The first-order chi connectivity index (χ1) is 12.0. The summed E-state index contributed by atoms with van der Waals surface area (Å²) >= 11 is 0. The Bertz CT molecular complexity index is 610. The lowest BCUT2D eigenvalue weighted by Crippen LogP contribution is -2.52. The Morgan fingerprint density at radius 3 is 2.60 bits per heavy atom. The van der Waals surface area contributed by atoms with Crippen LogP contribution in [0.3, 0.4) is 0 Å². The number of nitrogens with zero attached hydrogens (tertiary/aromatic N) is 3. The fraction of sp³-hybridized carbons (Fsp3) is 0.632. The largest absolute Gasteiger partial charge is 0.331 e. The number of nitrogens with one attached hydrogen (secondary N) is 2. The summed E-state index contributed by atoms with van der Waals surface area (Å²) in [5.74, 6) is 0.539. The first kappa shape index (κ1) is 18.2. The lowest BCUT2D eigenvalue weighted by Gasteiger charge is -2.37. The molecular weight excluding hydrogens is 314 g/mol. The van der Waals surface area contributed by atoms with Crippen molar-refractivity contribution in [1.82, 2.24) is 25.6 Å². The van der Waals surface area contributed by atoms with Crippen molar-refractivity contribution in [3.05, 3.63) is 34.9 Å². The van der Waals surface area contributed by atoms with Gasteiger partial charge in [-0.05, 0) is 25.0 Å². The number of hydrogen-bond donors (Lipinski definition) is 2. The Hall–Kier alpha value is -1.63. The normalized spacial score (nSPS) is 24.6. The highest BCUT2D eigenvalue weighted by molar-refractivity contribution is 5.73. The van der Waals surface area contributed by atoms with Gasteiger partial charge in [-0.2, -0.15) is 0 Å². The van der Waals surface area contributed by atoms with E-state index in [1.54, 1.807) is 4.90 Å². The molecule has 25 heavy (non-hydrogen) atoms. The van der Waals surface area contributed by atoms with Gasteiger partial charge in [0.05, 0.1) is 6.04 Å². The predicted molar refractivity (Wildman–Crippen MR) is 100 cm³/mol. The topological polar surface area (TPSA) is 50.9 Å². The molecular formula is C19H31N5O. The smallest absolute Gasteiger partial charge is 0.319 e. The summed E-state index contributed by atoms with van der Waals surface area (Å²) in [6, 6.07) is 7.17. The molecule has 2 aliphatic heterocycles. The first-order valence-corrected chi connectivity index (χ1v) is 9.20. The van der Waals surface area contributed by atoms with E-state index in [9.17, 15) is 4.79 Å². The zero-order chi connectivity index (χ0) is 18.0. The third-order valence-electron chi connectivity index (χ3n) is 5.38. The SMILES string of the molecule is Cc1ccc(C)c(C2NNCC2CN2CCN(C(=O)N(C)C)CC2)c1. The van der Waals surface area contributed by atoms with Crippen LogP contribution in [0.4, 0.5) is 4.79 Å². The second-order valence-corrected chi connectivity index (χ2v) is 7.59. The zero-order valence-corrected chi connectivity index (χ0v) is 15.9. The van der Waals surface area contributed by atoms with E-state index in [2.05, 4.69) is 47.8 Å². The molecule has 6 nitrogen and oxygen atoms in total. The number of hydrogen-bond acceptors (Lipinski definition) is 4. The Labute approximate surface area is 151 Å². The van der Waals surface area contributed by atoms with Crippen LogP contribution in [0.5, 0.6) is 0 Å². The molecule has 0 saturated carbocycles. The molecule has 2 unspecified atom stereocenters. The zero-order valence-electron chi connectivity index (χ0n) is 15.9. The molecule has 0 spiro atoms. The fourth-order valence-corrected chi connectivity index (χ4v) is 3.87. The van der Waals surface area contributed by atoms with Crippen LogP contribution in [-0.2, 0) is 0 Å². The standard InChI is InChI=1S/C19H31N5O/c1-14-5-6-15(2)17(11-14)18-16(12-20-21-18)13-23-7-9-24(10-8-23)19(25)22(3)4/h5-6,11,16,18,20-21H,7-10,12-13H2,1-4H3. The minimum atomic E-state index is 0.122. The van der Waals surface area contributed by atoms with Gasteiger partial charge in [0, 0.05) is 59.3 Å². The van der Waals surface area contributed by atoms with Gasteiger partial charge < -0.3 is 9.80 Å². The Morgan fingerprint density at radius 1 is 1.20 bits per heavy atom. The number of benzene rings is 1. The molecule has 2 saturated heterocycles. The van der Waals surface area contributed by atoms with Gasteiger partial charge in [0.15, 0.2) is 0 Å². The van der Waals surface area contributed by atoms with Gasteiger partial charge in [-0.25, -0.2) is 10.2 Å². The molecule has 2 fully saturated rings. The van der Waals surface area contributed by atoms with E-state index in [1.165, 1.54) is 16.7 Å². The highest BCUT2D eigenvalue weighted by Gasteiger charge is 2.32. The average molecular weight is 345 g/mol. The van der Waals surface area contributed by atoms with Crippen LogP contribution in [-0.4, -0.2) is 74.1 Å². The Kier molecular flexibility index (Phi) is 5.61. The van der Waals surface area contributed by atoms with Crippen molar-refractivity contribution in [3.8, 4) is 0 Å². The third kappa shape index (κ3) is 4.14. The molecule has 0 aromatic heterocycles. The number of piperazine rings is 1. The molecule has 2 atom stereocenters. The van der Waals surface area contributed by atoms with Gasteiger partial charge in [0.1, 0.15) is 0 Å². The van der Waals surface area contributed by atoms with Crippen LogP contribution in [0.15, 0.2) is 18.2 Å². The Balaban J connectivity index is 1.60. The van der Waals surface area contributed by atoms with Crippen molar-refractivity contribution in [2.24, 2.45) is 5.92 Å². The van der Waals surface area contributed by atoms with Crippen molar-refractivity contribution >= 4 is 6.03 Å². The molecule has 3 rings (SSSR count). The summed E-state index contributed by atoms with van der Waals surface area (Å²) in [6.45, 7) is 9.93. The first-order valence-electron chi connectivity index (χ1n) is 9.20. The van der Waals surface area contributed by atoms with Gasteiger partial charge in [0.25, 0.3) is 0 Å². The summed E-state index contributed by atoms with van der Waals surface area (Å²) < 4.78 is 0. The second-order valence-electron chi connectivity index (χ2n) is 7.59. The fourth-order valence-electron chi connectivity index (χ4n) is 3.87. The van der Waals surface area contributed by atoms with Crippen LogP contribution in [0.1, 0.15) is 22.7 Å². The Morgan fingerprint density at radius 2 is 1.92 bits per heavy atom. The maximum Gasteiger partial charge on any atom is 0.319 e. The van der Waals surface area contributed by atoms with Crippen LogP contribution in [0, 0.1) is 19.8 Å². The van der Waals surface area contributed by atoms with E-state index < -0.39 is 0 Å². The molecule has 1 aromatic rings. The highest BCUT2D eigenvalue weighted by Crippen LogP contribution is 2.29. The number of aryl methyl sites for hydroxylation is 2. The highest BCUT2D eigenvalue weighted by atomic mass is 16.2. The van der Waals surface area contributed by atoms with E-state index in [0.29, 0.717) is 12.0 Å². The van der Waals surface area contributed by atoms with E-state index in [4.69, 9.17) is 0 Å². The lowest BCUT2D eigenvalue weighted by atomic mass is 9.90. The van der Waals surface area contributed by atoms with E-state index in [-0.39, 0.29) is 6.03 Å². The predicted octanol–water partition coefficient (Wildman–Crippen LogP) is 1.37. The maximum atomic E-state index is 12.1. The number of carbonyl (C=O) groups is 1. The molecule has 2 aliphatic rings. The lowest BCUT2D eigenvalue weighted by molar-refractivity contribution is 0.113. The number of rotatable bonds is 3. The van der Waals surface area contributed by atoms with Crippen molar-refractivity contribution in [1.29, 1.82) is 0 Å².